The van der Waals surface area contributed by atoms with Crippen LogP contribution >= 0.6 is 11.6 Å². The number of carbonyl (C=O) groups excluding carboxylic acids is 1. The molecule has 0 atom stereocenters. The van der Waals surface area contributed by atoms with Crippen LogP contribution in [0.2, 0.25) is 5.02 Å². The third-order valence-electron chi connectivity index (χ3n) is 2.92. The minimum absolute atomic E-state index is 0.138. The highest BCUT2D eigenvalue weighted by Gasteiger charge is 2.10. The van der Waals surface area contributed by atoms with Crippen molar-refractivity contribution in [2.24, 2.45) is 0 Å². The fraction of sp³-hybridized carbons (Fsp3) is 0.200. The van der Waals surface area contributed by atoms with Crippen molar-refractivity contribution in [1.29, 1.82) is 0 Å². The molecule has 0 aliphatic carbocycles. The molecular formula is C15H16ClN3O. The first-order valence-corrected chi connectivity index (χ1v) is 6.73. The van der Waals surface area contributed by atoms with Crippen LogP contribution in [0.3, 0.4) is 0 Å². The van der Waals surface area contributed by atoms with Gasteiger partial charge in [-0.2, -0.15) is 0 Å². The number of hydrogen-bond acceptors (Lipinski definition) is 3. The molecule has 5 heteroatoms. The molecule has 1 heterocycles. The van der Waals surface area contributed by atoms with Crippen LogP contribution < -0.4 is 10.6 Å². The van der Waals surface area contributed by atoms with Gasteiger partial charge in [0.05, 0.1) is 5.56 Å². The summed E-state index contributed by atoms with van der Waals surface area (Å²) in [4.78, 5) is 16.2. The Morgan fingerprint density at radius 3 is 2.90 bits per heavy atom. The fourth-order valence-electron chi connectivity index (χ4n) is 1.88. The maximum Gasteiger partial charge on any atom is 0.253 e. The second-order valence-electron chi connectivity index (χ2n) is 4.31. The van der Waals surface area contributed by atoms with Crippen molar-refractivity contribution in [2.75, 3.05) is 18.9 Å². The SMILES string of the molecule is CNc1ccc(Cl)cc1C(=O)NCCc1cccnc1. The van der Waals surface area contributed by atoms with Gasteiger partial charge >= 0.3 is 0 Å². The van der Waals surface area contributed by atoms with E-state index in [9.17, 15) is 4.79 Å². The van der Waals surface area contributed by atoms with Crippen LogP contribution in [-0.4, -0.2) is 24.5 Å². The molecule has 0 aliphatic heterocycles. The van der Waals surface area contributed by atoms with Crippen molar-refractivity contribution >= 4 is 23.2 Å². The largest absolute Gasteiger partial charge is 0.387 e. The standard InChI is InChI=1S/C15H16ClN3O/c1-17-14-5-4-12(16)9-13(14)15(20)19-8-6-11-3-2-7-18-10-11/h2-5,7,9-10,17H,6,8H2,1H3,(H,19,20). The van der Waals surface area contributed by atoms with E-state index in [0.717, 1.165) is 17.7 Å². The van der Waals surface area contributed by atoms with Gasteiger partial charge in [-0.05, 0) is 36.2 Å². The first-order valence-electron chi connectivity index (χ1n) is 6.35. The molecule has 1 aromatic heterocycles. The van der Waals surface area contributed by atoms with E-state index in [4.69, 9.17) is 11.6 Å². The normalized spacial score (nSPS) is 10.1. The molecule has 1 amide bonds. The van der Waals surface area contributed by atoms with E-state index in [1.807, 2.05) is 12.1 Å². The molecule has 0 bridgehead atoms. The molecule has 2 N–H and O–H groups in total. The van der Waals surface area contributed by atoms with Crippen molar-refractivity contribution in [3.63, 3.8) is 0 Å². The van der Waals surface area contributed by atoms with Gasteiger partial charge in [-0.1, -0.05) is 17.7 Å². The summed E-state index contributed by atoms with van der Waals surface area (Å²) in [7, 11) is 1.77. The van der Waals surface area contributed by atoms with Crippen LogP contribution in [0, 0.1) is 0 Å². The van der Waals surface area contributed by atoms with E-state index in [0.29, 0.717) is 17.1 Å². The van der Waals surface area contributed by atoms with Crippen LogP contribution in [-0.2, 0) is 6.42 Å². The molecule has 4 nitrogen and oxygen atoms in total. The van der Waals surface area contributed by atoms with E-state index in [2.05, 4.69) is 15.6 Å². The molecular weight excluding hydrogens is 274 g/mol. The van der Waals surface area contributed by atoms with E-state index < -0.39 is 0 Å². The Hall–Kier alpha value is -2.07. The molecule has 1 aromatic carbocycles. The molecule has 0 saturated carbocycles. The summed E-state index contributed by atoms with van der Waals surface area (Å²) in [6.07, 6.45) is 4.27. The molecule has 0 aliphatic rings. The topological polar surface area (TPSA) is 54.0 Å². The van der Waals surface area contributed by atoms with Crippen molar-refractivity contribution in [1.82, 2.24) is 10.3 Å². The number of nitrogens with one attached hydrogen (secondary N) is 2. The summed E-state index contributed by atoms with van der Waals surface area (Å²) in [5.74, 6) is -0.138. The van der Waals surface area contributed by atoms with Crippen LogP contribution in [0.4, 0.5) is 5.69 Å². The highest BCUT2D eigenvalue weighted by Crippen LogP contribution is 2.20. The van der Waals surface area contributed by atoms with Crippen LogP contribution in [0.25, 0.3) is 0 Å². The fourth-order valence-corrected chi connectivity index (χ4v) is 2.06. The summed E-state index contributed by atoms with van der Waals surface area (Å²) in [6.45, 7) is 0.556. The zero-order valence-electron chi connectivity index (χ0n) is 11.2. The molecule has 2 aromatic rings. The van der Waals surface area contributed by atoms with Crippen molar-refractivity contribution in [2.45, 2.75) is 6.42 Å². The number of pyridine rings is 1. The lowest BCUT2D eigenvalue weighted by molar-refractivity contribution is 0.0955. The Labute approximate surface area is 123 Å². The van der Waals surface area contributed by atoms with Gasteiger partial charge in [-0.25, -0.2) is 0 Å². The second-order valence-corrected chi connectivity index (χ2v) is 4.74. The Bertz CT molecular complexity index is 587. The lowest BCUT2D eigenvalue weighted by Gasteiger charge is -2.10. The summed E-state index contributed by atoms with van der Waals surface area (Å²) >= 11 is 5.93. The maximum absolute atomic E-state index is 12.1. The van der Waals surface area contributed by atoms with Gasteiger partial charge < -0.3 is 10.6 Å². The van der Waals surface area contributed by atoms with Gasteiger partial charge in [0, 0.05) is 36.7 Å². The van der Waals surface area contributed by atoms with E-state index in [-0.39, 0.29) is 5.91 Å². The number of anilines is 1. The van der Waals surface area contributed by atoms with Crippen molar-refractivity contribution in [3.8, 4) is 0 Å². The molecule has 0 spiro atoms. The summed E-state index contributed by atoms with van der Waals surface area (Å²) in [6, 6.07) is 9.07. The number of nitrogens with zero attached hydrogens (tertiary/aromatic N) is 1. The van der Waals surface area contributed by atoms with Crippen molar-refractivity contribution in [3.05, 3.63) is 58.9 Å². The number of hydrogen-bond donors (Lipinski definition) is 2. The lowest BCUT2D eigenvalue weighted by Crippen LogP contribution is -2.26. The number of aromatic nitrogens is 1. The van der Waals surface area contributed by atoms with Crippen LogP contribution in [0.1, 0.15) is 15.9 Å². The zero-order chi connectivity index (χ0) is 14.4. The van der Waals surface area contributed by atoms with Gasteiger partial charge in [0.25, 0.3) is 5.91 Å². The van der Waals surface area contributed by atoms with E-state index in [1.54, 1.807) is 37.6 Å². The summed E-state index contributed by atoms with van der Waals surface area (Å²) < 4.78 is 0. The Morgan fingerprint density at radius 2 is 2.20 bits per heavy atom. The molecule has 0 saturated heterocycles. The van der Waals surface area contributed by atoms with E-state index in [1.165, 1.54) is 0 Å². The number of carbonyl (C=O) groups is 1. The zero-order valence-corrected chi connectivity index (χ0v) is 11.9. The summed E-state index contributed by atoms with van der Waals surface area (Å²) in [5.41, 5.74) is 2.40. The van der Waals surface area contributed by atoms with Gasteiger partial charge in [0.15, 0.2) is 0 Å². The number of halogens is 1. The van der Waals surface area contributed by atoms with Gasteiger partial charge in [-0.15, -0.1) is 0 Å². The highest BCUT2D eigenvalue weighted by molar-refractivity contribution is 6.31. The second kappa shape index (κ2) is 6.91. The predicted octanol–water partition coefficient (Wildman–Crippen LogP) is 2.75. The minimum atomic E-state index is -0.138. The van der Waals surface area contributed by atoms with E-state index >= 15 is 0 Å². The smallest absolute Gasteiger partial charge is 0.253 e. The number of rotatable bonds is 5. The van der Waals surface area contributed by atoms with Crippen LogP contribution in [0.15, 0.2) is 42.7 Å². The number of benzene rings is 1. The molecule has 20 heavy (non-hydrogen) atoms. The first-order chi connectivity index (χ1) is 9.70. The van der Waals surface area contributed by atoms with Gasteiger partial charge in [0.2, 0.25) is 0 Å². The van der Waals surface area contributed by atoms with Crippen molar-refractivity contribution < 1.29 is 4.79 Å². The molecule has 104 valence electrons. The number of amides is 1. The Morgan fingerprint density at radius 1 is 1.35 bits per heavy atom. The third-order valence-corrected chi connectivity index (χ3v) is 3.15. The minimum Gasteiger partial charge on any atom is -0.387 e. The average molecular weight is 290 g/mol. The molecule has 0 radical (unpaired) electrons. The Balaban J connectivity index is 1.97. The Kier molecular flexibility index (Phi) is 4.96. The average Bonchev–Trinajstić information content (AvgIpc) is 2.48. The predicted molar refractivity (Wildman–Crippen MR) is 81.3 cm³/mol. The van der Waals surface area contributed by atoms with Gasteiger partial charge in [-0.3, -0.25) is 9.78 Å². The monoisotopic (exact) mass is 289 g/mol. The molecule has 2 rings (SSSR count). The molecule has 0 fully saturated rings. The third kappa shape index (κ3) is 3.71. The first kappa shape index (κ1) is 14.3. The molecule has 0 unspecified atom stereocenters. The highest BCUT2D eigenvalue weighted by atomic mass is 35.5. The maximum atomic E-state index is 12.1. The summed E-state index contributed by atoms with van der Waals surface area (Å²) in [5, 5.41) is 6.41. The van der Waals surface area contributed by atoms with Crippen LogP contribution in [0.5, 0.6) is 0 Å². The quantitative estimate of drug-likeness (QED) is 0.890. The lowest BCUT2D eigenvalue weighted by atomic mass is 10.1. The van der Waals surface area contributed by atoms with Gasteiger partial charge in [0.1, 0.15) is 0 Å².